The second kappa shape index (κ2) is 9.18. The molecule has 4 rings (SSSR count). The van der Waals surface area contributed by atoms with E-state index in [2.05, 4.69) is 20.6 Å². The van der Waals surface area contributed by atoms with Gasteiger partial charge in [-0.05, 0) is 48.7 Å². The topological polar surface area (TPSA) is 104 Å². The van der Waals surface area contributed by atoms with E-state index in [0.29, 0.717) is 21.6 Å². The van der Waals surface area contributed by atoms with Crippen molar-refractivity contribution >= 4 is 46.7 Å². The van der Waals surface area contributed by atoms with Crippen molar-refractivity contribution in [3.63, 3.8) is 0 Å². The molecule has 164 valence electrons. The molecule has 1 aliphatic heterocycles. The average Bonchev–Trinajstić information content (AvgIpc) is 2.71. The zero-order valence-corrected chi connectivity index (χ0v) is 19.1. The Kier molecular flexibility index (Phi) is 6.34. The molecule has 1 atom stereocenters. The number of thioether (sulfide) groups is 1. The number of benzene rings is 2. The van der Waals surface area contributed by atoms with Crippen LogP contribution in [0.25, 0.3) is 0 Å². The normalized spacial score (nSPS) is 15.1. The van der Waals surface area contributed by atoms with Crippen molar-refractivity contribution in [1.29, 1.82) is 0 Å². The van der Waals surface area contributed by atoms with Crippen LogP contribution in [0.4, 0.5) is 11.5 Å². The highest BCUT2D eigenvalue weighted by molar-refractivity contribution is 7.98. The number of hydrogen-bond acceptors (Lipinski definition) is 5. The van der Waals surface area contributed by atoms with Crippen molar-refractivity contribution in [2.75, 3.05) is 10.6 Å². The summed E-state index contributed by atoms with van der Waals surface area (Å²) >= 11 is 7.48. The van der Waals surface area contributed by atoms with E-state index >= 15 is 0 Å². The summed E-state index contributed by atoms with van der Waals surface area (Å²) in [5.41, 5.74) is 3.24. The fourth-order valence-electron chi connectivity index (χ4n) is 3.68. The molecule has 0 radical (unpaired) electrons. The molecule has 2 amide bonds. The maximum absolute atomic E-state index is 13.0. The number of carbonyl (C=O) groups excluding carboxylic acids is 2. The van der Waals surface area contributed by atoms with E-state index < -0.39 is 17.4 Å². The van der Waals surface area contributed by atoms with Gasteiger partial charge in [0.1, 0.15) is 5.82 Å². The lowest BCUT2D eigenvalue weighted by molar-refractivity contribution is -0.123. The lowest BCUT2D eigenvalue weighted by Gasteiger charge is -2.23. The minimum absolute atomic E-state index is 0.118. The van der Waals surface area contributed by atoms with Gasteiger partial charge in [0.05, 0.1) is 11.5 Å². The van der Waals surface area contributed by atoms with Crippen LogP contribution >= 0.6 is 23.4 Å². The second-order valence-corrected chi connectivity index (χ2v) is 9.06. The molecule has 1 aliphatic rings. The number of anilines is 2. The van der Waals surface area contributed by atoms with Crippen molar-refractivity contribution < 1.29 is 9.59 Å². The number of fused-ring (bicyclic) bond motifs is 1. The Morgan fingerprint density at radius 1 is 1.19 bits per heavy atom. The van der Waals surface area contributed by atoms with E-state index in [1.54, 1.807) is 6.07 Å². The average molecular weight is 469 g/mol. The van der Waals surface area contributed by atoms with Crippen LogP contribution in [0.3, 0.4) is 0 Å². The van der Waals surface area contributed by atoms with Crippen LogP contribution in [-0.4, -0.2) is 21.8 Å². The van der Waals surface area contributed by atoms with E-state index in [-0.39, 0.29) is 23.7 Å². The molecule has 32 heavy (non-hydrogen) atoms. The quantitative estimate of drug-likeness (QED) is 0.380. The zero-order valence-electron chi connectivity index (χ0n) is 17.5. The van der Waals surface area contributed by atoms with E-state index in [1.165, 1.54) is 11.8 Å². The van der Waals surface area contributed by atoms with E-state index in [4.69, 9.17) is 11.6 Å². The summed E-state index contributed by atoms with van der Waals surface area (Å²) in [5, 5.41) is 6.42. The third-order valence-corrected chi connectivity index (χ3v) is 6.35. The van der Waals surface area contributed by atoms with Gasteiger partial charge in [0.2, 0.25) is 11.8 Å². The lowest BCUT2D eigenvalue weighted by Crippen LogP contribution is -2.36. The van der Waals surface area contributed by atoms with Gasteiger partial charge in [0.25, 0.3) is 5.56 Å². The van der Waals surface area contributed by atoms with Gasteiger partial charge >= 0.3 is 0 Å². The minimum atomic E-state index is -0.932. The van der Waals surface area contributed by atoms with Crippen molar-refractivity contribution in [1.82, 2.24) is 9.97 Å². The third kappa shape index (κ3) is 4.87. The van der Waals surface area contributed by atoms with Crippen molar-refractivity contribution in [2.45, 2.75) is 37.1 Å². The Bertz CT molecular complexity index is 1250. The van der Waals surface area contributed by atoms with Gasteiger partial charge in [-0.1, -0.05) is 47.6 Å². The highest BCUT2D eigenvalue weighted by Crippen LogP contribution is 2.31. The highest BCUT2D eigenvalue weighted by atomic mass is 35.5. The Morgan fingerprint density at radius 2 is 1.91 bits per heavy atom. The predicted octanol–water partition coefficient (Wildman–Crippen LogP) is 4.40. The second-order valence-electron chi connectivity index (χ2n) is 7.68. The Balaban J connectivity index is 1.59. The number of amides is 2. The van der Waals surface area contributed by atoms with Crippen LogP contribution in [-0.2, 0) is 15.3 Å². The van der Waals surface area contributed by atoms with E-state index in [1.807, 2.05) is 50.2 Å². The Morgan fingerprint density at radius 3 is 2.62 bits per heavy atom. The van der Waals surface area contributed by atoms with Crippen LogP contribution in [0.5, 0.6) is 0 Å². The number of rotatable bonds is 5. The SMILES string of the molecule is Cc1cc(C)cc(NC(=O)C2CC(=O)Nc3nc(SCc4ccccc4Cl)[nH]c(=O)c32)c1. The van der Waals surface area contributed by atoms with Gasteiger partial charge < -0.3 is 15.6 Å². The molecular formula is C23H21ClN4O3S. The monoisotopic (exact) mass is 468 g/mol. The molecule has 1 aromatic heterocycles. The molecule has 0 fully saturated rings. The third-order valence-electron chi connectivity index (χ3n) is 5.06. The predicted molar refractivity (Wildman–Crippen MR) is 126 cm³/mol. The fraction of sp³-hybridized carbons (Fsp3) is 0.217. The molecule has 3 N–H and O–H groups in total. The van der Waals surface area contributed by atoms with Crippen LogP contribution in [0, 0.1) is 13.8 Å². The largest absolute Gasteiger partial charge is 0.326 e. The molecule has 0 spiro atoms. The summed E-state index contributed by atoms with van der Waals surface area (Å²) in [5.74, 6) is -1.11. The van der Waals surface area contributed by atoms with Crippen molar-refractivity contribution in [3.8, 4) is 0 Å². The number of carbonyl (C=O) groups is 2. The number of halogens is 1. The Labute approximate surface area is 194 Å². The molecule has 0 saturated carbocycles. The number of H-pyrrole nitrogens is 1. The summed E-state index contributed by atoms with van der Waals surface area (Å²) in [7, 11) is 0. The minimum Gasteiger partial charge on any atom is -0.326 e. The lowest BCUT2D eigenvalue weighted by atomic mass is 9.92. The molecule has 9 heteroatoms. The van der Waals surface area contributed by atoms with Crippen molar-refractivity contribution in [3.05, 3.63) is 80.1 Å². The molecule has 0 bridgehead atoms. The van der Waals surface area contributed by atoms with Gasteiger partial charge in [-0.3, -0.25) is 14.4 Å². The number of aromatic nitrogens is 2. The summed E-state index contributed by atoms with van der Waals surface area (Å²) in [4.78, 5) is 45.3. The first-order chi connectivity index (χ1) is 15.3. The summed E-state index contributed by atoms with van der Waals surface area (Å²) in [6, 6.07) is 13.1. The smallest absolute Gasteiger partial charge is 0.257 e. The number of hydrogen-bond donors (Lipinski definition) is 3. The molecule has 0 aliphatic carbocycles. The number of aromatic amines is 1. The van der Waals surface area contributed by atoms with E-state index in [9.17, 15) is 14.4 Å². The molecule has 2 heterocycles. The fourth-order valence-corrected chi connectivity index (χ4v) is 4.83. The van der Waals surface area contributed by atoms with Crippen LogP contribution in [0.2, 0.25) is 5.02 Å². The van der Waals surface area contributed by atoms with E-state index in [0.717, 1.165) is 16.7 Å². The van der Waals surface area contributed by atoms with Gasteiger partial charge in [0.15, 0.2) is 5.16 Å². The molecule has 2 aromatic carbocycles. The summed E-state index contributed by atoms with van der Waals surface area (Å²) in [6.45, 7) is 3.87. The summed E-state index contributed by atoms with van der Waals surface area (Å²) in [6.07, 6.45) is -0.125. The van der Waals surface area contributed by atoms with Crippen LogP contribution < -0.4 is 16.2 Å². The first kappa shape index (κ1) is 22.1. The van der Waals surface area contributed by atoms with Gasteiger partial charge in [0, 0.05) is 22.9 Å². The Hall–Kier alpha value is -3.10. The van der Waals surface area contributed by atoms with Gasteiger partial charge in [-0.25, -0.2) is 4.98 Å². The summed E-state index contributed by atoms with van der Waals surface area (Å²) < 4.78 is 0. The number of nitrogens with zero attached hydrogens (tertiary/aromatic N) is 1. The molecular weight excluding hydrogens is 448 g/mol. The highest BCUT2D eigenvalue weighted by Gasteiger charge is 2.34. The zero-order chi connectivity index (χ0) is 22.8. The molecule has 7 nitrogen and oxygen atoms in total. The standard InChI is InChI=1S/C23H21ClN4O3S/c1-12-7-13(2)9-15(8-12)25-21(30)16-10-18(29)26-20-19(16)22(31)28-23(27-20)32-11-14-5-3-4-6-17(14)24/h3-9,16H,10-11H2,1-2H3,(H,25,30)(H2,26,27,28,29,31). The first-order valence-corrected chi connectivity index (χ1v) is 11.4. The number of aryl methyl sites for hydroxylation is 2. The van der Waals surface area contributed by atoms with Gasteiger partial charge in [-0.15, -0.1) is 0 Å². The molecule has 1 unspecified atom stereocenters. The first-order valence-electron chi connectivity index (χ1n) is 9.99. The maximum Gasteiger partial charge on any atom is 0.257 e. The van der Waals surface area contributed by atoms with Crippen LogP contribution in [0.1, 0.15) is 34.6 Å². The molecule has 3 aromatic rings. The van der Waals surface area contributed by atoms with Crippen LogP contribution in [0.15, 0.2) is 52.4 Å². The number of nitrogens with one attached hydrogen (secondary N) is 3. The molecule has 0 saturated heterocycles. The van der Waals surface area contributed by atoms with Gasteiger partial charge in [-0.2, -0.15) is 0 Å². The maximum atomic E-state index is 13.0. The van der Waals surface area contributed by atoms with Crippen molar-refractivity contribution in [2.24, 2.45) is 0 Å².